The summed E-state index contributed by atoms with van der Waals surface area (Å²) in [7, 11) is 0. The fraction of sp³-hybridized carbons (Fsp3) is 0.300. The maximum atomic E-state index is 13.9. The van der Waals surface area contributed by atoms with Crippen molar-refractivity contribution in [2.75, 3.05) is 5.32 Å². The van der Waals surface area contributed by atoms with Crippen molar-refractivity contribution in [3.8, 4) is 0 Å². The van der Waals surface area contributed by atoms with E-state index in [0.717, 1.165) is 16.6 Å². The molecule has 0 atom stereocenters. The van der Waals surface area contributed by atoms with Gasteiger partial charge in [0.1, 0.15) is 11.6 Å². The van der Waals surface area contributed by atoms with Crippen LogP contribution in [0.25, 0.3) is 11.0 Å². The molecule has 0 spiro atoms. The zero-order chi connectivity index (χ0) is 18.9. The van der Waals surface area contributed by atoms with Crippen LogP contribution in [0.15, 0.2) is 36.4 Å². The number of imidazole rings is 1. The van der Waals surface area contributed by atoms with Crippen LogP contribution < -0.4 is 5.32 Å². The molecule has 0 bridgehead atoms. The number of aromatic amines is 1. The second-order valence-electron chi connectivity index (χ2n) is 7.14. The van der Waals surface area contributed by atoms with Gasteiger partial charge in [0.15, 0.2) is 0 Å². The molecule has 0 amide bonds. The monoisotopic (exact) mass is 373 g/mol. The second kappa shape index (κ2) is 7.08. The quantitative estimate of drug-likeness (QED) is 0.630. The Balaban J connectivity index is 1.76. The Kier molecular flexibility index (Phi) is 5.01. The van der Waals surface area contributed by atoms with E-state index in [1.165, 1.54) is 6.07 Å². The van der Waals surface area contributed by atoms with E-state index in [1.54, 1.807) is 19.1 Å². The minimum absolute atomic E-state index is 0.162. The molecule has 2 aromatic carbocycles. The lowest BCUT2D eigenvalue weighted by atomic mass is 9.82. The highest BCUT2D eigenvalue weighted by molar-refractivity contribution is 6.30. The normalized spacial score (nSPS) is 11.7. The molecule has 1 heterocycles. The first-order valence-electron chi connectivity index (χ1n) is 8.42. The predicted molar refractivity (Wildman–Crippen MR) is 103 cm³/mol. The van der Waals surface area contributed by atoms with Gasteiger partial charge in [-0.15, -0.1) is 0 Å². The third-order valence-corrected chi connectivity index (χ3v) is 4.84. The third kappa shape index (κ3) is 4.05. The number of rotatable bonds is 6. The highest BCUT2D eigenvalue weighted by atomic mass is 35.5. The average molecular weight is 374 g/mol. The summed E-state index contributed by atoms with van der Waals surface area (Å²) >= 11 is 5.77. The van der Waals surface area contributed by atoms with Gasteiger partial charge >= 0.3 is 0 Å². The highest BCUT2D eigenvalue weighted by Crippen LogP contribution is 2.25. The van der Waals surface area contributed by atoms with E-state index in [2.05, 4.69) is 15.3 Å². The number of H-pyrrole nitrogens is 1. The molecular formula is C20H21ClFN3O. The number of ketones is 1. The van der Waals surface area contributed by atoms with Crippen LogP contribution in [-0.2, 0) is 17.8 Å². The number of nitrogens with zero attached hydrogens (tertiary/aromatic N) is 1. The molecule has 3 rings (SSSR count). The number of Topliss-reactive ketones (excluding diaryl/α,β-unsaturated/α-hetero) is 1. The number of nitrogens with one attached hydrogen (secondary N) is 2. The zero-order valence-electron chi connectivity index (χ0n) is 15.0. The summed E-state index contributed by atoms with van der Waals surface area (Å²) in [5.41, 5.74) is 2.87. The summed E-state index contributed by atoms with van der Waals surface area (Å²) in [6.45, 7) is 5.81. The first-order chi connectivity index (χ1) is 12.2. The number of benzene rings is 2. The Hall–Kier alpha value is -2.40. The number of fused-ring (bicyclic) bond motifs is 1. The van der Waals surface area contributed by atoms with E-state index < -0.39 is 5.41 Å². The van der Waals surface area contributed by atoms with Gasteiger partial charge in [-0.25, -0.2) is 9.37 Å². The van der Waals surface area contributed by atoms with Crippen molar-refractivity contribution in [3.05, 3.63) is 58.4 Å². The van der Waals surface area contributed by atoms with Crippen molar-refractivity contribution < 1.29 is 9.18 Å². The van der Waals surface area contributed by atoms with Crippen molar-refractivity contribution >= 4 is 34.4 Å². The first-order valence-corrected chi connectivity index (χ1v) is 8.80. The zero-order valence-corrected chi connectivity index (χ0v) is 15.7. The van der Waals surface area contributed by atoms with Crippen LogP contribution in [0.5, 0.6) is 0 Å². The van der Waals surface area contributed by atoms with E-state index >= 15 is 0 Å². The Labute approximate surface area is 156 Å². The number of aromatic nitrogens is 2. The van der Waals surface area contributed by atoms with Crippen molar-refractivity contribution in [2.24, 2.45) is 5.41 Å². The van der Waals surface area contributed by atoms with Crippen LogP contribution in [0.3, 0.4) is 0 Å². The molecule has 0 aliphatic carbocycles. The smallest absolute Gasteiger partial charge is 0.201 e. The molecule has 2 N–H and O–H groups in total. The Morgan fingerprint density at radius 1 is 1.27 bits per heavy atom. The van der Waals surface area contributed by atoms with Gasteiger partial charge < -0.3 is 10.3 Å². The molecule has 6 heteroatoms. The second-order valence-corrected chi connectivity index (χ2v) is 7.58. The minimum Gasteiger partial charge on any atom is -0.352 e. The minimum atomic E-state index is -0.402. The third-order valence-electron chi connectivity index (χ3n) is 4.61. The lowest BCUT2D eigenvalue weighted by Crippen LogP contribution is -2.24. The number of hydrogen-bond acceptors (Lipinski definition) is 3. The molecule has 26 heavy (non-hydrogen) atoms. The summed E-state index contributed by atoms with van der Waals surface area (Å²) in [5, 5.41) is 3.46. The molecule has 0 saturated heterocycles. The van der Waals surface area contributed by atoms with Crippen LogP contribution >= 0.6 is 11.6 Å². The van der Waals surface area contributed by atoms with E-state index in [9.17, 15) is 9.18 Å². The molecule has 136 valence electrons. The SMILES string of the molecule is CC(=O)C(C)(C)Cc1ccc2nc(NCc3ccc(Cl)cc3F)[nH]c2c1. The summed E-state index contributed by atoms with van der Waals surface area (Å²) in [6.07, 6.45) is 0.663. The number of hydrogen-bond donors (Lipinski definition) is 2. The topological polar surface area (TPSA) is 57.8 Å². The van der Waals surface area contributed by atoms with Crippen LogP contribution in [0.2, 0.25) is 5.02 Å². The summed E-state index contributed by atoms with van der Waals surface area (Å²) < 4.78 is 13.9. The van der Waals surface area contributed by atoms with Crippen molar-refractivity contribution in [1.82, 2.24) is 9.97 Å². The summed E-state index contributed by atoms with van der Waals surface area (Å²) in [6, 6.07) is 10.5. The molecule has 4 nitrogen and oxygen atoms in total. The fourth-order valence-corrected chi connectivity index (χ4v) is 2.89. The van der Waals surface area contributed by atoms with Gasteiger partial charge in [0, 0.05) is 22.5 Å². The van der Waals surface area contributed by atoms with Gasteiger partial charge in [-0.05, 0) is 43.2 Å². The lowest BCUT2D eigenvalue weighted by Gasteiger charge is -2.20. The Bertz CT molecular complexity index is 965. The molecule has 0 aliphatic rings. The van der Waals surface area contributed by atoms with Gasteiger partial charge in [0.25, 0.3) is 0 Å². The lowest BCUT2D eigenvalue weighted by molar-refractivity contribution is -0.124. The summed E-state index contributed by atoms with van der Waals surface area (Å²) in [5.74, 6) is 0.377. The van der Waals surface area contributed by atoms with Crippen molar-refractivity contribution in [3.63, 3.8) is 0 Å². The molecular weight excluding hydrogens is 353 g/mol. The van der Waals surface area contributed by atoms with E-state index in [1.807, 2.05) is 32.0 Å². The van der Waals surface area contributed by atoms with Gasteiger partial charge in [-0.1, -0.05) is 37.6 Å². The first kappa shape index (κ1) is 18.4. The van der Waals surface area contributed by atoms with E-state index in [0.29, 0.717) is 29.5 Å². The number of carbonyl (C=O) groups excluding carboxylic acids is 1. The van der Waals surface area contributed by atoms with Gasteiger partial charge in [-0.3, -0.25) is 4.79 Å². The van der Waals surface area contributed by atoms with Crippen LogP contribution in [0.4, 0.5) is 10.3 Å². The maximum absolute atomic E-state index is 13.9. The molecule has 0 radical (unpaired) electrons. The van der Waals surface area contributed by atoms with Crippen LogP contribution in [0.1, 0.15) is 31.9 Å². The average Bonchev–Trinajstić information content (AvgIpc) is 2.95. The standard InChI is InChI=1S/C20H21ClFN3O/c1-12(26)20(2,3)10-13-4-7-17-18(8-13)25-19(24-17)23-11-14-5-6-15(21)9-16(14)22/h4-9H,10-11H2,1-3H3,(H2,23,24,25). The number of carbonyl (C=O) groups is 1. The number of halogens is 2. The van der Waals surface area contributed by atoms with Gasteiger partial charge in [-0.2, -0.15) is 0 Å². The largest absolute Gasteiger partial charge is 0.352 e. The molecule has 3 aromatic rings. The predicted octanol–water partition coefficient (Wildman–Crippen LogP) is 5.13. The Morgan fingerprint density at radius 3 is 2.73 bits per heavy atom. The Morgan fingerprint density at radius 2 is 2.04 bits per heavy atom. The maximum Gasteiger partial charge on any atom is 0.201 e. The molecule has 0 saturated carbocycles. The van der Waals surface area contributed by atoms with Gasteiger partial charge in [0.05, 0.1) is 11.0 Å². The van der Waals surface area contributed by atoms with Crippen molar-refractivity contribution in [2.45, 2.75) is 33.7 Å². The fourth-order valence-electron chi connectivity index (χ4n) is 2.73. The van der Waals surface area contributed by atoms with Crippen molar-refractivity contribution in [1.29, 1.82) is 0 Å². The number of anilines is 1. The molecule has 0 unspecified atom stereocenters. The van der Waals surface area contributed by atoms with E-state index in [-0.39, 0.29) is 11.6 Å². The summed E-state index contributed by atoms with van der Waals surface area (Å²) in [4.78, 5) is 19.4. The van der Waals surface area contributed by atoms with E-state index in [4.69, 9.17) is 11.6 Å². The highest BCUT2D eigenvalue weighted by Gasteiger charge is 2.24. The van der Waals surface area contributed by atoms with Crippen LogP contribution in [0, 0.1) is 11.2 Å². The molecule has 0 fully saturated rings. The molecule has 0 aliphatic heterocycles. The molecule has 1 aromatic heterocycles. The van der Waals surface area contributed by atoms with Crippen LogP contribution in [-0.4, -0.2) is 15.8 Å². The van der Waals surface area contributed by atoms with Gasteiger partial charge in [0.2, 0.25) is 5.95 Å².